The van der Waals surface area contributed by atoms with Crippen LogP contribution in [0.5, 0.6) is 0 Å². The first-order valence-electron chi connectivity index (χ1n) is 9.70. The molecule has 5 heteroatoms. The summed E-state index contributed by atoms with van der Waals surface area (Å²) in [4.78, 5) is 26.1. The zero-order chi connectivity index (χ0) is 19.1. The topological polar surface area (TPSA) is 61.4 Å². The molecule has 0 aromatic heterocycles. The molecule has 0 saturated carbocycles. The van der Waals surface area contributed by atoms with Crippen LogP contribution in [0, 0.1) is 11.8 Å². The summed E-state index contributed by atoms with van der Waals surface area (Å²) in [7, 11) is 0. The smallest absolute Gasteiger partial charge is 0.243 e. The van der Waals surface area contributed by atoms with Crippen molar-refractivity contribution >= 4 is 11.8 Å². The van der Waals surface area contributed by atoms with Gasteiger partial charge in [0.15, 0.2) is 0 Å². The van der Waals surface area contributed by atoms with Crippen LogP contribution >= 0.6 is 0 Å². The molecule has 1 unspecified atom stereocenters. The Morgan fingerprint density at radius 1 is 1.12 bits per heavy atom. The number of nitrogens with one attached hydrogen (secondary N) is 2. The lowest BCUT2D eigenvalue weighted by Gasteiger charge is -2.30. The van der Waals surface area contributed by atoms with Crippen LogP contribution in [0.3, 0.4) is 0 Å². The Hall–Kier alpha value is -1.88. The lowest BCUT2D eigenvalue weighted by Crippen LogP contribution is -2.48. The predicted octanol–water partition coefficient (Wildman–Crippen LogP) is 2.70. The van der Waals surface area contributed by atoms with Gasteiger partial charge < -0.3 is 10.6 Å². The maximum atomic E-state index is 12.3. The Balaban J connectivity index is 1.82. The molecule has 1 aromatic rings. The molecule has 0 bridgehead atoms. The third kappa shape index (κ3) is 6.45. The summed E-state index contributed by atoms with van der Waals surface area (Å²) in [6.45, 7) is 11.4. The molecular formula is C21H33N3O2. The fourth-order valence-corrected chi connectivity index (χ4v) is 3.29. The summed E-state index contributed by atoms with van der Waals surface area (Å²) in [5.74, 6) is 0.579. The van der Waals surface area contributed by atoms with Gasteiger partial charge in [-0.15, -0.1) is 0 Å². The molecule has 1 aliphatic rings. The van der Waals surface area contributed by atoms with Crippen molar-refractivity contribution in [3.63, 3.8) is 0 Å². The fraction of sp³-hybridized carbons (Fsp3) is 0.619. The molecular weight excluding hydrogens is 326 g/mol. The van der Waals surface area contributed by atoms with E-state index in [1.807, 2.05) is 13.8 Å². The first-order valence-corrected chi connectivity index (χ1v) is 9.70. The van der Waals surface area contributed by atoms with Crippen LogP contribution in [-0.4, -0.2) is 35.8 Å². The summed E-state index contributed by atoms with van der Waals surface area (Å²) in [5, 5.41) is 5.64. The molecule has 2 rings (SSSR count). The molecule has 1 aromatic carbocycles. The molecule has 26 heavy (non-hydrogen) atoms. The highest BCUT2D eigenvalue weighted by Crippen LogP contribution is 2.18. The van der Waals surface area contributed by atoms with Crippen LogP contribution in [0.4, 0.5) is 0 Å². The van der Waals surface area contributed by atoms with Gasteiger partial charge in [0, 0.05) is 20.0 Å². The molecule has 144 valence electrons. The van der Waals surface area contributed by atoms with Gasteiger partial charge in [-0.3, -0.25) is 14.5 Å². The van der Waals surface area contributed by atoms with E-state index in [1.165, 1.54) is 38.4 Å². The second kappa shape index (κ2) is 9.72. The maximum absolute atomic E-state index is 12.3. The number of hydrogen-bond acceptors (Lipinski definition) is 3. The molecule has 1 saturated heterocycles. The van der Waals surface area contributed by atoms with Crippen molar-refractivity contribution in [3.8, 4) is 0 Å². The molecule has 0 aliphatic carbocycles. The van der Waals surface area contributed by atoms with E-state index < -0.39 is 6.04 Å². The molecule has 0 radical (unpaired) electrons. The molecule has 5 nitrogen and oxygen atoms in total. The molecule has 1 atom stereocenters. The minimum Gasteiger partial charge on any atom is -0.350 e. The van der Waals surface area contributed by atoms with Crippen molar-refractivity contribution in [1.82, 2.24) is 15.5 Å². The van der Waals surface area contributed by atoms with Gasteiger partial charge in [0.2, 0.25) is 11.8 Å². The molecule has 1 aliphatic heterocycles. The van der Waals surface area contributed by atoms with Gasteiger partial charge in [-0.2, -0.15) is 0 Å². The average molecular weight is 360 g/mol. The second-order valence-corrected chi connectivity index (χ2v) is 7.92. The maximum Gasteiger partial charge on any atom is 0.243 e. The number of likely N-dealkylation sites (tertiary alicyclic amines) is 1. The van der Waals surface area contributed by atoms with Gasteiger partial charge in [-0.25, -0.2) is 0 Å². The number of hydrogen-bond donors (Lipinski definition) is 2. The SMILES string of the molecule is CC(=O)NC(C(=O)NCc1ccc(CN2CCC(C)CC2)cc1)C(C)C. The average Bonchev–Trinajstić information content (AvgIpc) is 2.60. The summed E-state index contributed by atoms with van der Waals surface area (Å²) < 4.78 is 0. The van der Waals surface area contributed by atoms with Crippen molar-refractivity contribution < 1.29 is 9.59 Å². The van der Waals surface area contributed by atoms with Crippen molar-refractivity contribution in [1.29, 1.82) is 0 Å². The summed E-state index contributed by atoms with van der Waals surface area (Å²) in [6.07, 6.45) is 2.57. The van der Waals surface area contributed by atoms with Crippen molar-refractivity contribution in [2.75, 3.05) is 13.1 Å². The predicted molar refractivity (Wildman–Crippen MR) is 104 cm³/mol. The van der Waals surface area contributed by atoms with Crippen LogP contribution in [0.25, 0.3) is 0 Å². The Kier molecular flexibility index (Phi) is 7.64. The van der Waals surface area contributed by atoms with E-state index in [0.29, 0.717) is 6.54 Å². The lowest BCUT2D eigenvalue weighted by atomic mass is 9.99. The van der Waals surface area contributed by atoms with Gasteiger partial charge in [-0.1, -0.05) is 45.0 Å². The van der Waals surface area contributed by atoms with Crippen LogP contribution in [-0.2, 0) is 22.7 Å². The molecule has 1 fully saturated rings. The van der Waals surface area contributed by atoms with E-state index in [2.05, 4.69) is 46.7 Å². The van der Waals surface area contributed by atoms with Gasteiger partial charge >= 0.3 is 0 Å². The number of nitrogens with zero attached hydrogens (tertiary/aromatic N) is 1. The van der Waals surface area contributed by atoms with Gasteiger partial charge in [0.1, 0.15) is 6.04 Å². The largest absolute Gasteiger partial charge is 0.350 e. The Morgan fingerprint density at radius 3 is 2.23 bits per heavy atom. The van der Waals surface area contributed by atoms with Crippen LogP contribution in [0.2, 0.25) is 0 Å². The Labute approximate surface area is 157 Å². The number of benzene rings is 1. The fourth-order valence-electron chi connectivity index (χ4n) is 3.29. The standard InChI is InChI=1S/C21H33N3O2/c1-15(2)20(23-17(4)25)21(26)22-13-18-5-7-19(8-6-18)14-24-11-9-16(3)10-12-24/h5-8,15-16,20H,9-14H2,1-4H3,(H,22,26)(H,23,25). The number of amides is 2. The zero-order valence-electron chi connectivity index (χ0n) is 16.5. The minimum atomic E-state index is -0.492. The summed E-state index contributed by atoms with van der Waals surface area (Å²) >= 11 is 0. The third-order valence-corrected chi connectivity index (χ3v) is 5.08. The van der Waals surface area contributed by atoms with Crippen molar-refractivity contribution in [3.05, 3.63) is 35.4 Å². The molecule has 2 amide bonds. The van der Waals surface area contributed by atoms with Crippen molar-refractivity contribution in [2.24, 2.45) is 11.8 Å². The molecule has 1 heterocycles. The first kappa shape index (κ1) is 20.4. The number of carbonyl (C=O) groups excluding carboxylic acids is 2. The highest BCUT2D eigenvalue weighted by Gasteiger charge is 2.22. The number of rotatable bonds is 7. The summed E-state index contributed by atoms with van der Waals surface area (Å²) in [5.41, 5.74) is 2.38. The quantitative estimate of drug-likeness (QED) is 0.787. The van der Waals surface area contributed by atoms with Crippen LogP contribution < -0.4 is 10.6 Å². The van der Waals surface area contributed by atoms with E-state index in [9.17, 15) is 9.59 Å². The second-order valence-electron chi connectivity index (χ2n) is 7.92. The van der Waals surface area contributed by atoms with Crippen LogP contribution in [0.15, 0.2) is 24.3 Å². The third-order valence-electron chi connectivity index (χ3n) is 5.08. The highest BCUT2D eigenvalue weighted by molar-refractivity contribution is 5.87. The normalized spacial score (nSPS) is 17.1. The first-order chi connectivity index (χ1) is 12.3. The zero-order valence-corrected chi connectivity index (χ0v) is 16.5. The number of piperidine rings is 1. The van der Waals surface area contributed by atoms with Gasteiger partial charge in [0.05, 0.1) is 0 Å². The Bertz CT molecular complexity index is 590. The van der Waals surface area contributed by atoms with E-state index in [-0.39, 0.29) is 17.7 Å². The summed E-state index contributed by atoms with van der Waals surface area (Å²) in [6, 6.07) is 7.95. The Morgan fingerprint density at radius 2 is 1.69 bits per heavy atom. The monoisotopic (exact) mass is 359 g/mol. The van der Waals surface area contributed by atoms with E-state index in [1.54, 1.807) is 0 Å². The highest BCUT2D eigenvalue weighted by atomic mass is 16.2. The van der Waals surface area contributed by atoms with E-state index >= 15 is 0 Å². The minimum absolute atomic E-state index is 0.0496. The number of carbonyl (C=O) groups is 2. The van der Waals surface area contributed by atoms with Crippen LogP contribution in [0.1, 0.15) is 51.7 Å². The lowest BCUT2D eigenvalue weighted by molar-refractivity contribution is -0.129. The van der Waals surface area contributed by atoms with Gasteiger partial charge in [0.25, 0.3) is 0 Å². The van der Waals surface area contributed by atoms with E-state index in [0.717, 1.165) is 18.0 Å². The van der Waals surface area contributed by atoms with Crippen molar-refractivity contribution in [2.45, 2.75) is 59.7 Å². The molecule has 2 N–H and O–H groups in total. The van der Waals surface area contributed by atoms with E-state index in [4.69, 9.17) is 0 Å². The molecule has 0 spiro atoms. The van der Waals surface area contributed by atoms with Gasteiger partial charge in [-0.05, 0) is 48.9 Å².